The molecular weight excluding hydrogens is 148 g/mol. The van der Waals surface area contributed by atoms with Crippen molar-refractivity contribution in [1.29, 1.82) is 0 Å². The maximum atomic E-state index is 10.7. The molecule has 1 atom stereocenters. The third kappa shape index (κ3) is 1.43. The lowest BCUT2D eigenvalue weighted by Gasteiger charge is -2.06. The average molecular weight is 154 g/mol. The molecule has 1 heterocycles. The highest BCUT2D eigenvalue weighted by molar-refractivity contribution is 6.06. The Morgan fingerprint density at radius 3 is 2.82 bits per heavy atom. The fourth-order valence-corrected chi connectivity index (χ4v) is 0.702. The van der Waals surface area contributed by atoms with Crippen molar-refractivity contribution >= 4 is 18.1 Å². The molecule has 0 aromatic rings. The van der Waals surface area contributed by atoms with Crippen molar-refractivity contribution in [3.8, 4) is 0 Å². The Morgan fingerprint density at radius 2 is 2.36 bits per heavy atom. The maximum absolute atomic E-state index is 10.7. The van der Waals surface area contributed by atoms with Crippen LogP contribution in [-0.4, -0.2) is 23.2 Å². The molecule has 0 saturated carbocycles. The van der Waals surface area contributed by atoms with Gasteiger partial charge in [-0.05, 0) is 6.08 Å². The number of allylic oxidation sites excluding steroid dienone is 1. The average Bonchev–Trinajstić information content (AvgIpc) is 1.94. The van der Waals surface area contributed by atoms with Crippen molar-refractivity contribution in [2.45, 2.75) is 0 Å². The van der Waals surface area contributed by atoms with Gasteiger partial charge in [0.1, 0.15) is 0 Å². The van der Waals surface area contributed by atoms with E-state index in [2.05, 4.69) is 4.99 Å². The van der Waals surface area contributed by atoms with Crippen LogP contribution >= 0.6 is 0 Å². The van der Waals surface area contributed by atoms with Crippen LogP contribution in [0.25, 0.3) is 0 Å². The molecule has 0 spiro atoms. The number of dihydropyridines is 1. The van der Waals surface area contributed by atoms with E-state index in [-0.39, 0.29) is 5.70 Å². The Morgan fingerprint density at radius 1 is 1.73 bits per heavy atom. The minimum atomic E-state index is -1.23. The number of nitrogens with zero attached hydrogens (tertiary/aromatic N) is 1. The number of carbonyl (C=O) groups excluding carboxylic acids is 1. The van der Waals surface area contributed by atoms with Crippen LogP contribution in [-0.2, 0) is 9.59 Å². The minimum absolute atomic E-state index is 0.206. The van der Waals surface area contributed by atoms with Gasteiger partial charge in [0.15, 0.2) is 5.92 Å². The summed E-state index contributed by atoms with van der Waals surface area (Å²) in [5.41, 5.74) is 5.43. The van der Waals surface area contributed by atoms with Crippen LogP contribution in [0.2, 0.25) is 0 Å². The summed E-state index contributed by atoms with van der Waals surface area (Å²) in [7, 11) is 0. The first-order chi connectivity index (χ1) is 5.11. The second-order valence-corrected chi connectivity index (χ2v) is 2.08. The zero-order valence-corrected chi connectivity index (χ0v) is 5.52. The van der Waals surface area contributed by atoms with Gasteiger partial charge in [-0.1, -0.05) is 0 Å². The summed E-state index contributed by atoms with van der Waals surface area (Å²) in [6.07, 6.45) is 2.30. The molecule has 1 unspecified atom stereocenters. The van der Waals surface area contributed by atoms with Crippen LogP contribution in [0, 0.1) is 5.92 Å². The predicted molar refractivity (Wildman–Crippen MR) is 36.9 cm³/mol. The molecule has 1 amide bonds. The first kappa shape index (κ1) is 7.46. The minimum Gasteiger partial charge on any atom is -0.480 e. The number of carboxylic acid groups (broad SMARTS) is 1. The Labute approximate surface area is 62.2 Å². The monoisotopic (exact) mass is 154 g/mol. The molecule has 1 aliphatic rings. The van der Waals surface area contributed by atoms with E-state index in [9.17, 15) is 9.59 Å². The first-order valence-electron chi connectivity index (χ1n) is 2.89. The van der Waals surface area contributed by atoms with Crippen molar-refractivity contribution in [2.75, 3.05) is 0 Å². The molecule has 1 rings (SSSR count). The van der Waals surface area contributed by atoms with Gasteiger partial charge in [0.25, 0.3) is 5.91 Å². The smallest absolute Gasteiger partial charge is 0.320 e. The van der Waals surface area contributed by atoms with E-state index in [1.165, 1.54) is 0 Å². The number of aliphatic imine (C=N–C) groups is 1. The second-order valence-electron chi connectivity index (χ2n) is 2.08. The van der Waals surface area contributed by atoms with E-state index in [0.717, 1.165) is 12.3 Å². The molecule has 0 fully saturated rings. The van der Waals surface area contributed by atoms with Gasteiger partial charge in [0.2, 0.25) is 0 Å². The van der Waals surface area contributed by atoms with Gasteiger partial charge in [0, 0.05) is 5.70 Å². The molecule has 1 aliphatic heterocycles. The Hall–Kier alpha value is -1.65. The molecule has 0 radical (unpaired) electrons. The number of rotatable bonds is 1. The lowest BCUT2D eigenvalue weighted by atomic mass is 10.1. The quantitative estimate of drug-likeness (QED) is 0.480. The van der Waals surface area contributed by atoms with E-state index in [1.807, 2.05) is 0 Å². The number of carboxylic acids is 1. The third-order valence-electron chi connectivity index (χ3n) is 1.23. The molecule has 0 aliphatic carbocycles. The van der Waals surface area contributed by atoms with Gasteiger partial charge >= 0.3 is 5.97 Å². The highest BCUT2D eigenvalue weighted by Gasteiger charge is 2.25. The largest absolute Gasteiger partial charge is 0.480 e. The highest BCUT2D eigenvalue weighted by atomic mass is 16.4. The molecule has 0 saturated heterocycles. The van der Waals surface area contributed by atoms with Crippen LogP contribution < -0.4 is 5.73 Å². The number of aliphatic carboxylic acids is 1. The van der Waals surface area contributed by atoms with Crippen molar-refractivity contribution in [3.05, 3.63) is 11.8 Å². The van der Waals surface area contributed by atoms with Gasteiger partial charge in [-0.2, -0.15) is 0 Å². The Kier molecular flexibility index (Phi) is 1.72. The van der Waals surface area contributed by atoms with Crippen LogP contribution in [0.1, 0.15) is 0 Å². The summed E-state index contributed by atoms with van der Waals surface area (Å²) >= 11 is 0. The molecule has 5 heteroatoms. The van der Waals surface area contributed by atoms with Gasteiger partial charge in [-0.3, -0.25) is 9.59 Å². The van der Waals surface area contributed by atoms with Crippen LogP contribution in [0.15, 0.2) is 16.8 Å². The number of nitrogens with two attached hydrogens (primary N) is 1. The van der Waals surface area contributed by atoms with E-state index >= 15 is 0 Å². The molecule has 58 valence electrons. The van der Waals surface area contributed by atoms with E-state index in [1.54, 1.807) is 0 Å². The first-order valence-corrected chi connectivity index (χ1v) is 2.89. The standard InChI is InChI=1S/C6H6N2O3/c7-3-1-4(6(10)11)5(9)8-2-3/h1-2,4H,7H2,(H,10,11). The summed E-state index contributed by atoms with van der Waals surface area (Å²) in [4.78, 5) is 24.3. The normalized spacial score (nSPS) is 23.1. The van der Waals surface area contributed by atoms with Crippen LogP contribution in [0.3, 0.4) is 0 Å². The van der Waals surface area contributed by atoms with Crippen molar-refractivity contribution in [3.63, 3.8) is 0 Å². The summed E-state index contributed by atoms with van der Waals surface area (Å²) in [5.74, 6) is -3.12. The summed E-state index contributed by atoms with van der Waals surface area (Å²) in [6, 6.07) is 0. The van der Waals surface area contributed by atoms with Crippen molar-refractivity contribution in [2.24, 2.45) is 16.6 Å². The molecule has 5 nitrogen and oxygen atoms in total. The van der Waals surface area contributed by atoms with Gasteiger partial charge < -0.3 is 10.8 Å². The molecule has 11 heavy (non-hydrogen) atoms. The van der Waals surface area contributed by atoms with E-state index in [0.29, 0.717) is 0 Å². The second kappa shape index (κ2) is 2.53. The predicted octanol–water partition coefficient (Wildman–Crippen LogP) is -0.859. The Bertz CT molecular complexity index is 267. The van der Waals surface area contributed by atoms with Gasteiger partial charge in [-0.25, -0.2) is 4.99 Å². The lowest BCUT2D eigenvalue weighted by molar-refractivity contribution is -0.143. The number of hydrogen-bond acceptors (Lipinski definition) is 3. The zero-order chi connectivity index (χ0) is 8.43. The van der Waals surface area contributed by atoms with Crippen LogP contribution in [0.5, 0.6) is 0 Å². The highest BCUT2D eigenvalue weighted by Crippen LogP contribution is 2.07. The number of amides is 1. The van der Waals surface area contributed by atoms with Crippen molar-refractivity contribution < 1.29 is 14.7 Å². The molecule has 0 aromatic heterocycles. The molecule has 0 bridgehead atoms. The fraction of sp³-hybridized carbons (Fsp3) is 0.167. The molecule has 0 aromatic carbocycles. The summed E-state index contributed by atoms with van der Waals surface area (Å²) in [5, 5.41) is 8.43. The Balaban J connectivity index is 2.90. The van der Waals surface area contributed by atoms with Crippen molar-refractivity contribution in [1.82, 2.24) is 0 Å². The summed E-state index contributed by atoms with van der Waals surface area (Å²) < 4.78 is 0. The topological polar surface area (TPSA) is 92.8 Å². The molecular formula is C6H6N2O3. The molecule has 3 N–H and O–H groups in total. The third-order valence-corrected chi connectivity index (χ3v) is 1.23. The SMILES string of the molecule is NC1=CC(C(=O)O)C(=O)N=C1. The van der Waals surface area contributed by atoms with Crippen LogP contribution in [0.4, 0.5) is 0 Å². The van der Waals surface area contributed by atoms with Gasteiger partial charge in [-0.15, -0.1) is 0 Å². The maximum Gasteiger partial charge on any atom is 0.320 e. The van der Waals surface area contributed by atoms with Gasteiger partial charge in [0.05, 0.1) is 6.21 Å². The lowest BCUT2D eigenvalue weighted by Crippen LogP contribution is -2.25. The number of hydrogen-bond donors (Lipinski definition) is 2. The fourth-order valence-electron chi connectivity index (χ4n) is 0.702. The number of carbonyl (C=O) groups is 2. The van der Waals surface area contributed by atoms with E-state index in [4.69, 9.17) is 10.8 Å². The van der Waals surface area contributed by atoms with E-state index < -0.39 is 17.8 Å². The zero-order valence-electron chi connectivity index (χ0n) is 5.52. The summed E-state index contributed by atoms with van der Waals surface area (Å²) in [6.45, 7) is 0.